The molecule has 0 saturated carbocycles. The Kier molecular flexibility index (Phi) is 9.68. The molecule has 3 fully saturated rings. The first-order valence-electron chi connectivity index (χ1n) is 12.8. The van der Waals surface area contributed by atoms with Crippen LogP contribution in [0.15, 0.2) is 0 Å². The maximum atomic E-state index is 12.4. The Morgan fingerprint density at radius 2 is 1.81 bits per heavy atom. The normalized spacial score (nSPS) is 24.8. The molecular formula is C24H38N4O8S. The van der Waals surface area contributed by atoms with Crippen molar-refractivity contribution in [2.24, 2.45) is 0 Å². The molecule has 3 aliphatic heterocycles. The molecule has 1 unspecified atom stereocenters. The van der Waals surface area contributed by atoms with Gasteiger partial charge in [0.15, 0.2) is 0 Å². The van der Waals surface area contributed by atoms with Crippen LogP contribution in [0.4, 0.5) is 9.59 Å². The first-order chi connectivity index (χ1) is 17.4. The summed E-state index contributed by atoms with van der Waals surface area (Å²) in [5.41, 5.74) is -1.79. The molecule has 0 aliphatic carbocycles. The molecule has 0 aromatic heterocycles. The highest BCUT2D eigenvalue weighted by molar-refractivity contribution is 8.00. The summed E-state index contributed by atoms with van der Waals surface area (Å²) in [4.78, 5) is 63.9. The Labute approximate surface area is 221 Å². The first kappa shape index (κ1) is 29.0. The zero-order chi connectivity index (χ0) is 27.2. The molecule has 12 nitrogen and oxygen atoms in total. The molecule has 208 valence electrons. The molecule has 0 aromatic rings. The minimum absolute atomic E-state index is 0.00295. The molecule has 0 aromatic carbocycles. The van der Waals surface area contributed by atoms with Crippen molar-refractivity contribution in [3.05, 3.63) is 0 Å². The van der Waals surface area contributed by atoms with Crippen LogP contribution >= 0.6 is 11.8 Å². The van der Waals surface area contributed by atoms with Gasteiger partial charge in [-0.25, -0.2) is 9.59 Å². The van der Waals surface area contributed by atoms with Crippen LogP contribution in [0.5, 0.6) is 0 Å². The van der Waals surface area contributed by atoms with E-state index in [0.29, 0.717) is 29.7 Å². The molecule has 3 saturated heterocycles. The van der Waals surface area contributed by atoms with Crippen LogP contribution in [0.3, 0.4) is 0 Å². The number of thioether (sulfide) groups is 1. The fraction of sp³-hybridized carbons (Fsp3) is 0.792. The number of carbonyl (C=O) groups excluding carboxylic acids is 5. The molecule has 0 radical (unpaired) electrons. The predicted octanol–water partition coefficient (Wildman–Crippen LogP) is 2.01. The number of hydrogen-bond acceptors (Lipinski definition) is 9. The van der Waals surface area contributed by atoms with Gasteiger partial charge in [-0.2, -0.15) is 11.8 Å². The summed E-state index contributed by atoms with van der Waals surface area (Å²) in [7, 11) is 0. The summed E-state index contributed by atoms with van der Waals surface area (Å²) in [5, 5.41) is 9.65. The third-order valence-electron chi connectivity index (χ3n) is 6.79. The lowest BCUT2D eigenvalue weighted by atomic mass is 10.0. The van der Waals surface area contributed by atoms with E-state index in [1.54, 1.807) is 13.8 Å². The quantitative estimate of drug-likeness (QED) is 0.137. The number of nitrogens with one attached hydrogen (secondary N) is 3. The van der Waals surface area contributed by atoms with E-state index >= 15 is 0 Å². The van der Waals surface area contributed by atoms with Gasteiger partial charge in [0.1, 0.15) is 5.60 Å². The minimum atomic E-state index is -1.16. The molecule has 0 spiro atoms. The van der Waals surface area contributed by atoms with Gasteiger partial charge in [-0.05, 0) is 40.0 Å². The number of hydrogen-bond donors (Lipinski definition) is 3. The van der Waals surface area contributed by atoms with Crippen LogP contribution in [0, 0.1) is 0 Å². The van der Waals surface area contributed by atoms with Gasteiger partial charge in [0, 0.05) is 36.8 Å². The average molecular weight is 543 g/mol. The van der Waals surface area contributed by atoms with Gasteiger partial charge in [0.2, 0.25) is 5.91 Å². The number of nitrogens with zero attached hydrogens (tertiary/aromatic N) is 1. The summed E-state index contributed by atoms with van der Waals surface area (Å²) in [6.07, 6.45) is 2.46. The second-order valence-electron chi connectivity index (χ2n) is 10.5. The van der Waals surface area contributed by atoms with Crippen molar-refractivity contribution < 1.29 is 38.3 Å². The molecule has 13 heteroatoms. The number of imide groups is 1. The molecule has 3 aliphatic rings. The zero-order valence-corrected chi connectivity index (χ0v) is 22.7. The van der Waals surface area contributed by atoms with E-state index in [4.69, 9.17) is 14.3 Å². The molecule has 37 heavy (non-hydrogen) atoms. The second-order valence-corrected chi connectivity index (χ2v) is 11.8. The predicted molar refractivity (Wildman–Crippen MR) is 134 cm³/mol. The first-order valence-corrected chi connectivity index (χ1v) is 13.8. The number of carbonyl (C=O) groups is 5. The van der Waals surface area contributed by atoms with Crippen molar-refractivity contribution in [2.45, 2.75) is 101 Å². The highest BCUT2D eigenvalue weighted by Crippen LogP contribution is 2.33. The number of urea groups is 1. The third kappa shape index (κ3) is 8.22. The number of hydroxylamine groups is 2. The van der Waals surface area contributed by atoms with Crippen molar-refractivity contribution in [3.8, 4) is 0 Å². The average Bonchev–Trinajstić information content (AvgIpc) is 3.49. The molecular weight excluding hydrogens is 504 g/mol. The van der Waals surface area contributed by atoms with Gasteiger partial charge in [-0.1, -0.05) is 18.4 Å². The highest BCUT2D eigenvalue weighted by atomic mass is 32.2. The zero-order valence-electron chi connectivity index (χ0n) is 21.9. The van der Waals surface area contributed by atoms with Crippen molar-refractivity contribution in [1.82, 2.24) is 21.0 Å². The highest BCUT2D eigenvalue weighted by Gasteiger charge is 2.42. The minimum Gasteiger partial charge on any atom is -0.424 e. The molecule has 3 N–H and O–H groups in total. The van der Waals surface area contributed by atoms with Gasteiger partial charge in [-0.15, -0.1) is 0 Å². The van der Waals surface area contributed by atoms with E-state index in [-0.39, 0.29) is 43.5 Å². The lowest BCUT2D eigenvalue weighted by molar-refractivity contribution is -0.184. The number of fused-ring (bicyclic) bond motifs is 1. The number of rotatable bonds is 13. The largest absolute Gasteiger partial charge is 0.534 e. The Morgan fingerprint density at radius 1 is 1.11 bits per heavy atom. The summed E-state index contributed by atoms with van der Waals surface area (Å²) in [5.74, 6) is -0.313. The molecule has 4 atom stereocenters. The van der Waals surface area contributed by atoms with Gasteiger partial charge >= 0.3 is 12.2 Å². The van der Waals surface area contributed by atoms with Crippen LogP contribution in [0.25, 0.3) is 0 Å². The molecule has 0 bridgehead atoms. The van der Waals surface area contributed by atoms with Crippen LogP contribution in [-0.2, 0) is 28.7 Å². The summed E-state index contributed by atoms with van der Waals surface area (Å²) in [6.45, 7) is 7.34. The van der Waals surface area contributed by atoms with Crippen molar-refractivity contribution in [3.63, 3.8) is 0 Å². The second kappa shape index (κ2) is 12.3. The fourth-order valence-electron chi connectivity index (χ4n) is 4.28. The van der Waals surface area contributed by atoms with E-state index in [9.17, 15) is 24.0 Å². The van der Waals surface area contributed by atoms with Crippen molar-refractivity contribution >= 4 is 41.7 Å². The Balaban J connectivity index is 1.33. The summed E-state index contributed by atoms with van der Waals surface area (Å²) >= 11 is 1.86. The van der Waals surface area contributed by atoms with Gasteiger partial charge in [0.05, 0.1) is 24.3 Å². The Bertz CT molecular complexity index is 884. The van der Waals surface area contributed by atoms with E-state index in [0.717, 1.165) is 25.0 Å². The lowest BCUT2D eigenvalue weighted by Gasteiger charge is -2.33. The van der Waals surface area contributed by atoms with E-state index < -0.39 is 29.2 Å². The molecule has 3 rings (SSSR count). The van der Waals surface area contributed by atoms with Crippen molar-refractivity contribution in [2.75, 3.05) is 18.9 Å². The van der Waals surface area contributed by atoms with Gasteiger partial charge in [-0.3, -0.25) is 19.2 Å². The van der Waals surface area contributed by atoms with E-state index in [1.165, 1.54) is 0 Å². The van der Waals surface area contributed by atoms with Gasteiger partial charge in [0.25, 0.3) is 11.8 Å². The monoisotopic (exact) mass is 542 g/mol. The van der Waals surface area contributed by atoms with Crippen molar-refractivity contribution in [1.29, 1.82) is 0 Å². The smallest absolute Gasteiger partial charge is 0.424 e. The number of amides is 5. The lowest BCUT2D eigenvalue weighted by Crippen LogP contribution is -2.46. The SMILES string of the molecule is CCC(C)(CNC(=O)CCCC[C@@H]1SC[C@@H]2NC(=O)N[C@@H]21)OCC(C)(C)OC(=O)ON1C(=O)CCC1=O. The summed E-state index contributed by atoms with van der Waals surface area (Å²) in [6, 6.07) is 0.289. The number of unbranched alkanes of at least 4 members (excludes halogenated alkanes) is 1. The third-order valence-corrected chi connectivity index (χ3v) is 8.30. The maximum absolute atomic E-state index is 12.4. The van der Waals surface area contributed by atoms with Crippen LogP contribution in [0.2, 0.25) is 0 Å². The fourth-order valence-corrected chi connectivity index (χ4v) is 5.82. The van der Waals surface area contributed by atoms with Gasteiger partial charge < -0.3 is 25.4 Å². The Hall–Kier alpha value is -2.54. The molecule has 5 amide bonds. The van der Waals surface area contributed by atoms with Crippen LogP contribution in [0.1, 0.15) is 72.6 Å². The van der Waals surface area contributed by atoms with E-state index in [1.807, 2.05) is 25.6 Å². The van der Waals surface area contributed by atoms with Crippen LogP contribution in [-0.4, -0.2) is 82.4 Å². The maximum Gasteiger partial charge on any atom is 0.534 e. The number of ether oxygens (including phenoxy) is 2. The standard InChI is InChI=1S/C24H38N4O8S/c1-5-24(4,34-14-23(2,3)35-22(33)36-28-18(30)10-11-19(28)31)13-25-17(29)9-7-6-8-16-20-15(12-37-16)26-21(32)27-20/h15-16,20H,5-14H2,1-4H3,(H,25,29)(H2,26,27,32)/t15-,16-,20-,24?/m0/s1. The Morgan fingerprint density at radius 3 is 2.49 bits per heavy atom. The molecule has 3 heterocycles. The van der Waals surface area contributed by atoms with Crippen LogP contribution < -0.4 is 16.0 Å². The van der Waals surface area contributed by atoms with E-state index in [2.05, 4.69) is 16.0 Å². The summed E-state index contributed by atoms with van der Waals surface area (Å²) < 4.78 is 11.3. The topological polar surface area (TPSA) is 152 Å².